The number of benzene rings is 1. The van der Waals surface area contributed by atoms with Crippen LogP contribution in [-0.4, -0.2) is 11.3 Å². The van der Waals surface area contributed by atoms with Crippen molar-refractivity contribution in [2.24, 2.45) is 0 Å². The van der Waals surface area contributed by atoms with Crippen molar-refractivity contribution >= 4 is 24.8 Å². The number of hydrogen-bond acceptors (Lipinski definition) is 0. The fraction of sp³-hybridized carbons (Fsp3) is 0.632. The van der Waals surface area contributed by atoms with Crippen LogP contribution in [0.2, 0.25) is 0 Å². The van der Waals surface area contributed by atoms with Crippen molar-refractivity contribution in [3.8, 4) is 0 Å². The number of hydrogen-bond donors (Lipinski definition) is 0. The van der Waals surface area contributed by atoms with Gasteiger partial charge in [0.1, 0.15) is 0 Å². The van der Waals surface area contributed by atoms with Gasteiger partial charge in [0.2, 0.25) is 0 Å². The second kappa shape index (κ2) is 11.2. The van der Waals surface area contributed by atoms with E-state index >= 15 is 0 Å². The Labute approximate surface area is 157 Å². The third-order valence-corrected chi connectivity index (χ3v) is 8.58. The van der Waals surface area contributed by atoms with Gasteiger partial charge in [-0.05, 0) is 54.3 Å². The van der Waals surface area contributed by atoms with E-state index in [4.69, 9.17) is 0 Å². The molecule has 0 saturated heterocycles. The fourth-order valence-electron chi connectivity index (χ4n) is 3.99. The zero-order valence-electron chi connectivity index (χ0n) is 13.7. The van der Waals surface area contributed by atoms with Crippen molar-refractivity contribution in [2.45, 2.75) is 76.0 Å². The standard InChI is InChI=1S/C18H27P.CH2Cl.Pd/c1-2-15-11-13-18(14-12-15)19(16-7-3-4-8-16)17-9-5-6-10-17;1-2;/h11-14,16-17H,2-10H2,1H3;1H2;/q;-1;. The molecule has 128 valence electrons. The molecule has 0 aromatic heterocycles. The molecule has 0 radical (unpaired) electrons. The Hall–Kier alpha value is 0.602. The summed E-state index contributed by atoms with van der Waals surface area (Å²) in [4.78, 5) is 0. The summed E-state index contributed by atoms with van der Waals surface area (Å²) < 4.78 is 0. The summed E-state index contributed by atoms with van der Waals surface area (Å²) in [5, 5.41) is 1.71. The Morgan fingerprint density at radius 2 is 1.32 bits per heavy atom. The van der Waals surface area contributed by atoms with E-state index in [1.807, 2.05) is 0 Å². The second-order valence-corrected chi connectivity index (χ2v) is 9.10. The molecule has 0 heterocycles. The Morgan fingerprint density at radius 3 is 1.68 bits per heavy atom. The van der Waals surface area contributed by atoms with Crippen molar-refractivity contribution in [3.63, 3.8) is 0 Å². The molecule has 1 aromatic carbocycles. The van der Waals surface area contributed by atoms with E-state index in [-0.39, 0.29) is 28.3 Å². The van der Waals surface area contributed by atoms with E-state index in [0.29, 0.717) is 0 Å². The molecule has 2 aliphatic carbocycles. The van der Waals surface area contributed by atoms with Crippen molar-refractivity contribution in [1.82, 2.24) is 0 Å². The van der Waals surface area contributed by atoms with Crippen molar-refractivity contribution in [1.29, 1.82) is 0 Å². The van der Waals surface area contributed by atoms with E-state index < -0.39 is 0 Å². The summed E-state index contributed by atoms with van der Waals surface area (Å²) in [6.07, 6.45) is 15.9. The molecule has 1 aromatic rings. The van der Waals surface area contributed by atoms with E-state index in [1.165, 1.54) is 63.4 Å². The van der Waals surface area contributed by atoms with E-state index in [1.54, 1.807) is 5.30 Å². The van der Waals surface area contributed by atoms with Gasteiger partial charge in [-0.3, -0.25) is 6.38 Å². The molecule has 22 heavy (non-hydrogen) atoms. The molecule has 0 bridgehead atoms. The van der Waals surface area contributed by atoms with Crippen LogP contribution in [0.1, 0.15) is 63.9 Å². The molecule has 2 fully saturated rings. The van der Waals surface area contributed by atoms with Gasteiger partial charge in [-0.15, -0.1) is 0 Å². The smallest absolute Gasteiger partial charge is 0 e. The Morgan fingerprint density at radius 1 is 0.909 bits per heavy atom. The average Bonchev–Trinajstić information content (AvgIpc) is 3.24. The molecule has 0 amide bonds. The summed E-state index contributed by atoms with van der Waals surface area (Å²) in [7, 11) is 0.125. The third-order valence-electron chi connectivity index (χ3n) is 5.08. The van der Waals surface area contributed by atoms with Crippen LogP contribution in [0.5, 0.6) is 0 Å². The van der Waals surface area contributed by atoms with Crippen LogP contribution in [0.4, 0.5) is 0 Å². The Balaban J connectivity index is 0.000000775. The van der Waals surface area contributed by atoms with Gasteiger partial charge in [-0.2, -0.15) is 0 Å². The minimum atomic E-state index is 0. The minimum Gasteiger partial charge on any atom is -0.352 e. The summed E-state index contributed by atoms with van der Waals surface area (Å²) in [5.41, 5.74) is 3.59. The topological polar surface area (TPSA) is 0 Å². The molecular formula is C19H29ClPPd-. The molecule has 2 aliphatic rings. The van der Waals surface area contributed by atoms with Gasteiger partial charge >= 0.3 is 0 Å². The second-order valence-electron chi connectivity index (χ2n) is 6.30. The maximum absolute atomic E-state index is 4.39. The summed E-state index contributed by atoms with van der Waals surface area (Å²) in [5.74, 6) is 0. The van der Waals surface area contributed by atoms with Crippen LogP contribution in [0.15, 0.2) is 24.3 Å². The van der Waals surface area contributed by atoms with E-state index in [9.17, 15) is 0 Å². The third kappa shape index (κ3) is 5.31. The maximum atomic E-state index is 4.39. The van der Waals surface area contributed by atoms with Gasteiger partial charge in [0.25, 0.3) is 0 Å². The maximum Gasteiger partial charge on any atom is 0 e. The van der Waals surface area contributed by atoms with Crippen LogP contribution in [0, 0.1) is 6.38 Å². The molecule has 3 heteroatoms. The number of halogens is 1. The zero-order valence-corrected chi connectivity index (χ0v) is 16.9. The van der Waals surface area contributed by atoms with Crippen LogP contribution in [-0.2, 0) is 26.8 Å². The van der Waals surface area contributed by atoms with Gasteiger partial charge in [-0.25, -0.2) is 0 Å². The Bertz CT molecular complexity index is 378. The SMILES string of the molecule is CCc1ccc(P(C2CCCC2)C2CCCC2)cc1.[CH2-]Cl.[Pd]. The molecule has 0 nitrogen and oxygen atoms in total. The van der Waals surface area contributed by atoms with E-state index in [0.717, 1.165) is 11.3 Å². The van der Waals surface area contributed by atoms with Gasteiger partial charge in [0.15, 0.2) is 0 Å². The molecule has 0 unspecified atom stereocenters. The van der Waals surface area contributed by atoms with E-state index in [2.05, 4.69) is 49.2 Å². The average molecular weight is 430 g/mol. The van der Waals surface area contributed by atoms with Gasteiger partial charge in [0.05, 0.1) is 0 Å². The van der Waals surface area contributed by atoms with Crippen LogP contribution in [0.3, 0.4) is 0 Å². The quantitative estimate of drug-likeness (QED) is 0.301. The largest absolute Gasteiger partial charge is 0.352 e. The molecular weight excluding hydrogens is 401 g/mol. The van der Waals surface area contributed by atoms with Gasteiger partial charge < -0.3 is 11.6 Å². The summed E-state index contributed by atoms with van der Waals surface area (Å²) in [6, 6.07) is 9.71. The number of rotatable bonds is 4. The Kier molecular flexibility index (Phi) is 10.5. The molecule has 3 rings (SSSR count). The predicted molar refractivity (Wildman–Crippen MR) is 98.1 cm³/mol. The van der Waals surface area contributed by atoms with Gasteiger partial charge in [-0.1, -0.05) is 64.8 Å². The zero-order chi connectivity index (χ0) is 15.1. The molecule has 0 aliphatic heterocycles. The first kappa shape index (κ1) is 20.6. The molecule has 2 saturated carbocycles. The van der Waals surface area contributed by atoms with Crippen LogP contribution in [0.25, 0.3) is 0 Å². The van der Waals surface area contributed by atoms with Gasteiger partial charge in [0, 0.05) is 20.4 Å². The molecule has 0 spiro atoms. The van der Waals surface area contributed by atoms with Crippen molar-refractivity contribution in [3.05, 3.63) is 36.2 Å². The normalized spacial score (nSPS) is 18.9. The van der Waals surface area contributed by atoms with Crippen molar-refractivity contribution < 1.29 is 20.4 Å². The summed E-state index contributed by atoms with van der Waals surface area (Å²) in [6.45, 7) is 2.26. The predicted octanol–water partition coefficient (Wildman–Crippen LogP) is 6.26. The number of aryl methyl sites for hydroxylation is 1. The first-order valence-corrected chi connectivity index (χ1v) is 10.5. The van der Waals surface area contributed by atoms with Crippen LogP contribution >= 0.6 is 19.5 Å². The molecule has 0 atom stereocenters. The van der Waals surface area contributed by atoms with Crippen molar-refractivity contribution in [2.75, 3.05) is 0 Å². The first-order valence-electron chi connectivity index (χ1n) is 8.52. The minimum absolute atomic E-state index is 0. The first-order chi connectivity index (χ1) is 10.4. The molecule has 0 N–H and O–H groups in total. The summed E-state index contributed by atoms with van der Waals surface area (Å²) >= 11 is 4.39. The fourth-order valence-corrected chi connectivity index (χ4v) is 7.76. The monoisotopic (exact) mass is 429 g/mol. The van der Waals surface area contributed by atoms with Crippen LogP contribution < -0.4 is 5.30 Å².